The second-order valence-corrected chi connectivity index (χ2v) is 4.21. The number of aromatic amines is 1. The minimum atomic E-state index is 1.22. The summed E-state index contributed by atoms with van der Waals surface area (Å²) >= 11 is 0. The molecule has 0 bridgehead atoms. The lowest BCUT2D eigenvalue weighted by molar-refractivity contribution is 1.30. The van der Waals surface area contributed by atoms with Crippen LogP contribution in [0.1, 0.15) is 11.3 Å². The summed E-state index contributed by atoms with van der Waals surface area (Å²) in [6.45, 7) is 4.23. The molecule has 15 heavy (non-hydrogen) atoms. The van der Waals surface area contributed by atoms with Gasteiger partial charge in [-0.15, -0.1) is 0 Å². The van der Waals surface area contributed by atoms with Gasteiger partial charge in [0.1, 0.15) is 0 Å². The molecule has 0 unspecified atom stereocenters. The van der Waals surface area contributed by atoms with Crippen LogP contribution in [0.5, 0.6) is 0 Å². The molecule has 0 aliphatic heterocycles. The lowest BCUT2D eigenvalue weighted by atomic mass is 10.1. The molecule has 2 aromatic carbocycles. The normalized spacial score (nSPS) is 11.3. The lowest BCUT2D eigenvalue weighted by Gasteiger charge is -2.00. The zero-order valence-corrected chi connectivity index (χ0v) is 8.96. The molecule has 0 aliphatic rings. The van der Waals surface area contributed by atoms with Crippen molar-refractivity contribution in [3.05, 3.63) is 47.7 Å². The van der Waals surface area contributed by atoms with Gasteiger partial charge in [0.05, 0.1) is 5.52 Å². The Hall–Kier alpha value is -1.76. The van der Waals surface area contributed by atoms with Crippen molar-refractivity contribution in [2.45, 2.75) is 13.8 Å². The molecule has 0 atom stereocenters. The van der Waals surface area contributed by atoms with Crippen LogP contribution in [0.25, 0.3) is 21.7 Å². The van der Waals surface area contributed by atoms with Crippen molar-refractivity contribution in [3.8, 4) is 0 Å². The SMILES string of the molecule is Cc1ccc2ccc3cc(C)[nH]c3c2c1. The van der Waals surface area contributed by atoms with Gasteiger partial charge in [-0.05, 0) is 31.4 Å². The van der Waals surface area contributed by atoms with Gasteiger partial charge >= 0.3 is 0 Å². The first-order valence-corrected chi connectivity index (χ1v) is 5.23. The third-order valence-electron chi connectivity index (χ3n) is 2.90. The van der Waals surface area contributed by atoms with Gasteiger partial charge in [0.2, 0.25) is 0 Å². The summed E-state index contributed by atoms with van der Waals surface area (Å²) in [4.78, 5) is 3.43. The van der Waals surface area contributed by atoms with E-state index in [2.05, 4.69) is 55.2 Å². The van der Waals surface area contributed by atoms with Gasteiger partial charge < -0.3 is 4.98 Å². The van der Waals surface area contributed by atoms with Crippen LogP contribution in [0.15, 0.2) is 36.4 Å². The van der Waals surface area contributed by atoms with Crippen molar-refractivity contribution in [1.82, 2.24) is 4.98 Å². The Morgan fingerprint density at radius 1 is 0.867 bits per heavy atom. The fraction of sp³-hybridized carbons (Fsp3) is 0.143. The third-order valence-corrected chi connectivity index (χ3v) is 2.90. The topological polar surface area (TPSA) is 15.8 Å². The largest absolute Gasteiger partial charge is 0.358 e. The molecule has 0 spiro atoms. The molecule has 0 amide bonds. The monoisotopic (exact) mass is 195 g/mol. The van der Waals surface area contributed by atoms with Crippen LogP contribution < -0.4 is 0 Å². The number of benzene rings is 2. The van der Waals surface area contributed by atoms with Gasteiger partial charge in [-0.2, -0.15) is 0 Å². The molecule has 0 fully saturated rings. The van der Waals surface area contributed by atoms with Crippen LogP contribution in [-0.4, -0.2) is 4.98 Å². The van der Waals surface area contributed by atoms with Gasteiger partial charge in [0.15, 0.2) is 0 Å². The van der Waals surface area contributed by atoms with Crippen LogP contribution in [0.3, 0.4) is 0 Å². The van der Waals surface area contributed by atoms with Crippen molar-refractivity contribution in [2.75, 3.05) is 0 Å². The molecule has 1 heterocycles. The molecule has 0 saturated heterocycles. The maximum absolute atomic E-state index is 3.43. The fourth-order valence-corrected chi connectivity index (χ4v) is 2.18. The van der Waals surface area contributed by atoms with Gasteiger partial charge in [0, 0.05) is 16.5 Å². The Bertz CT molecular complexity index is 647. The number of hydrogen-bond acceptors (Lipinski definition) is 0. The van der Waals surface area contributed by atoms with E-state index in [4.69, 9.17) is 0 Å². The molecular weight excluding hydrogens is 182 g/mol. The molecule has 1 N–H and O–H groups in total. The molecule has 0 radical (unpaired) electrons. The van der Waals surface area contributed by atoms with E-state index in [1.165, 1.54) is 32.9 Å². The number of aromatic nitrogens is 1. The van der Waals surface area contributed by atoms with Crippen molar-refractivity contribution in [1.29, 1.82) is 0 Å². The Balaban J connectivity index is 2.56. The summed E-state index contributed by atoms with van der Waals surface area (Å²) in [6, 6.07) is 13.1. The first kappa shape index (κ1) is 8.54. The summed E-state index contributed by atoms with van der Waals surface area (Å²) in [5.74, 6) is 0. The summed E-state index contributed by atoms with van der Waals surface area (Å²) in [5.41, 5.74) is 3.79. The zero-order chi connectivity index (χ0) is 10.4. The van der Waals surface area contributed by atoms with E-state index >= 15 is 0 Å². The number of H-pyrrole nitrogens is 1. The van der Waals surface area contributed by atoms with E-state index in [0.29, 0.717) is 0 Å². The van der Waals surface area contributed by atoms with E-state index < -0.39 is 0 Å². The zero-order valence-electron chi connectivity index (χ0n) is 8.96. The van der Waals surface area contributed by atoms with E-state index in [1.807, 2.05) is 0 Å². The van der Waals surface area contributed by atoms with Gasteiger partial charge in [-0.1, -0.05) is 29.8 Å². The predicted octanol–water partition coefficient (Wildman–Crippen LogP) is 3.94. The Kier molecular flexibility index (Phi) is 1.63. The number of fused-ring (bicyclic) bond motifs is 3. The van der Waals surface area contributed by atoms with Crippen molar-refractivity contribution < 1.29 is 0 Å². The second kappa shape index (κ2) is 2.86. The highest BCUT2D eigenvalue weighted by molar-refractivity contribution is 6.05. The Morgan fingerprint density at radius 3 is 2.47 bits per heavy atom. The van der Waals surface area contributed by atoms with E-state index in [0.717, 1.165) is 0 Å². The van der Waals surface area contributed by atoms with Crippen LogP contribution in [0, 0.1) is 13.8 Å². The standard InChI is InChI=1S/C14H13N/c1-9-3-4-11-5-6-12-8-10(2)15-14(12)13(11)7-9/h3-8,15H,1-2H3. The summed E-state index contributed by atoms with van der Waals surface area (Å²) in [7, 11) is 0. The summed E-state index contributed by atoms with van der Waals surface area (Å²) in [6.07, 6.45) is 0. The average Bonchev–Trinajstić information content (AvgIpc) is 2.58. The average molecular weight is 195 g/mol. The van der Waals surface area contributed by atoms with Gasteiger partial charge in [-0.3, -0.25) is 0 Å². The maximum atomic E-state index is 3.43. The quantitative estimate of drug-likeness (QED) is 0.559. The van der Waals surface area contributed by atoms with Crippen LogP contribution in [-0.2, 0) is 0 Å². The first-order chi connectivity index (χ1) is 7.24. The molecule has 0 saturated carbocycles. The van der Waals surface area contributed by atoms with Crippen molar-refractivity contribution >= 4 is 21.7 Å². The Morgan fingerprint density at radius 2 is 1.60 bits per heavy atom. The molecule has 3 rings (SSSR count). The van der Waals surface area contributed by atoms with Crippen molar-refractivity contribution in [3.63, 3.8) is 0 Å². The van der Waals surface area contributed by atoms with E-state index in [9.17, 15) is 0 Å². The highest BCUT2D eigenvalue weighted by atomic mass is 14.7. The molecule has 3 aromatic rings. The molecule has 0 aliphatic carbocycles. The number of rotatable bonds is 0. The van der Waals surface area contributed by atoms with Crippen molar-refractivity contribution in [2.24, 2.45) is 0 Å². The number of hydrogen-bond donors (Lipinski definition) is 1. The highest BCUT2D eigenvalue weighted by Gasteiger charge is 2.02. The van der Waals surface area contributed by atoms with Crippen LogP contribution in [0.2, 0.25) is 0 Å². The predicted molar refractivity (Wildman–Crippen MR) is 65.3 cm³/mol. The van der Waals surface area contributed by atoms with E-state index in [-0.39, 0.29) is 0 Å². The third kappa shape index (κ3) is 1.23. The minimum Gasteiger partial charge on any atom is -0.358 e. The smallest absolute Gasteiger partial charge is 0.0535 e. The second-order valence-electron chi connectivity index (χ2n) is 4.21. The molecule has 74 valence electrons. The molecule has 1 aromatic heterocycles. The lowest BCUT2D eigenvalue weighted by Crippen LogP contribution is -1.78. The first-order valence-electron chi connectivity index (χ1n) is 5.23. The summed E-state index contributed by atoms with van der Waals surface area (Å²) in [5, 5.41) is 3.92. The van der Waals surface area contributed by atoms with Gasteiger partial charge in [-0.25, -0.2) is 0 Å². The minimum absolute atomic E-state index is 1.22. The number of aryl methyl sites for hydroxylation is 2. The van der Waals surface area contributed by atoms with Gasteiger partial charge in [0.25, 0.3) is 0 Å². The van der Waals surface area contributed by atoms with Crippen LogP contribution in [0.4, 0.5) is 0 Å². The molecular formula is C14H13N. The maximum Gasteiger partial charge on any atom is 0.0535 e. The number of nitrogens with one attached hydrogen (secondary N) is 1. The highest BCUT2D eigenvalue weighted by Crippen LogP contribution is 2.26. The molecule has 1 nitrogen and oxygen atoms in total. The molecule has 1 heteroatoms. The Labute approximate surface area is 88.7 Å². The summed E-state index contributed by atoms with van der Waals surface area (Å²) < 4.78 is 0. The fourth-order valence-electron chi connectivity index (χ4n) is 2.18. The van der Waals surface area contributed by atoms with E-state index in [1.54, 1.807) is 0 Å². The van der Waals surface area contributed by atoms with Crippen LogP contribution >= 0.6 is 0 Å².